The molecule has 0 bridgehead atoms. The Morgan fingerprint density at radius 3 is 2.57 bits per heavy atom. The maximum Gasteiger partial charge on any atom is 0.335 e. The molecule has 2 N–H and O–H groups in total. The quantitative estimate of drug-likeness (QED) is 0.431. The van der Waals surface area contributed by atoms with Crippen molar-refractivity contribution < 1.29 is 19.5 Å². The second-order valence-electron chi connectivity index (χ2n) is 2.69. The Kier molecular flexibility index (Phi) is 2.81. The first kappa shape index (κ1) is 10.2. The third-order valence-corrected chi connectivity index (χ3v) is 1.76. The number of hydrogen-bond donors (Lipinski definition) is 2. The summed E-state index contributed by atoms with van der Waals surface area (Å²) < 4.78 is 13.2. The van der Waals surface area contributed by atoms with Crippen molar-refractivity contribution in [2.45, 2.75) is 6.92 Å². The summed E-state index contributed by atoms with van der Waals surface area (Å²) in [4.78, 5) is 10.5. The van der Waals surface area contributed by atoms with E-state index in [2.05, 4.69) is 5.16 Å². The first-order valence-electron chi connectivity index (χ1n) is 3.78. The van der Waals surface area contributed by atoms with Gasteiger partial charge in [0.1, 0.15) is 5.82 Å². The Labute approximate surface area is 79.3 Å². The molecule has 0 aliphatic heterocycles. The first-order valence-corrected chi connectivity index (χ1v) is 3.78. The molecule has 0 radical (unpaired) electrons. The van der Waals surface area contributed by atoms with Crippen LogP contribution in [0.15, 0.2) is 23.4 Å². The van der Waals surface area contributed by atoms with Crippen LogP contribution in [0.5, 0.6) is 0 Å². The van der Waals surface area contributed by atoms with Gasteiger partial charge >= 0.3 is 5.97 Å². The lowest BCUT2D eigenvalue weighted by Gasteiger charge is -2.01. The Balaban J connectivity index is 3.20. The lowest BCUT2D eigenvalue weighted by atomic mass is 10.1. The summed E-state index contributed by atoms with van der Waals surface area (Å²) in [6.45, 7) is 1.42. The summed E-state index contributed by atoms with van der Waals surface area (Å²) >= 11 is 0. The van der Waals surface area contributed by atoms with Crippen molar-refractivity contribution in [3.05, 3.63) is 35.1 Å². The monoisotopic (exact) mass is 197 g/mol. The van der Waals surface area contributed by atoms with Gasteiger partial charge in [0.2, 0.25) is 0 Å². The number of carbonyl (C=O) groups is 1. The van der Waals surface area contributed by atoms with Gasteiger partial charge in [-0.1, -0.05) is 5.16 Å². The van der Waals surface area contributed by atoms with Crippen LogP contribution in [-0.2, 0) is 0 Å². The molecule has 1 rings (SSSR count). The zero-order valence-corrected chi connectivity index (χ0v) is 7.36. The molecule has 1 aromatic rings. The summed E-state index contributed by atoms with van der Waals surface area (Å²) in [6, 6.07) is 3.38. The number of halogens is 1. The largest absolute Gasteiger partial charge is 0.478 e. The van der Waals surface area contributed by atoms with E-state index in [0.717, 1.165) is 6.07 Å². The SMILES string of the molecule is C/C(=N\O)c1ccc(C(=O)O)cc1F. The van der Waals surface area contributed by atoms with Crippen LogP contribution in [0.3, 0.4) is 0 Å². The number of oxime groups is 1. The van der Waals surface area contributed by atoms with E-state index < -0.39 is 11.8 Å². The van der Waals surface area contributed by atoms with Gasteiger partial charge in [0.15, 0.2) is 0 Å². The normalized spacial score (nSPS) is 11.4. The van der Waals surface area contributed by atoms with Gasteiger partial charge in [0, 0.05) is 5.56 Å². The number of benzene rings is 1. The molecule has 4 nitrogen and oxygen atoms in total. The molecule has 0 saturated carbocycles. The summed E-state index contributed by atoms with van der Waals surface area (Å²) in [6.07, 6.45) is 0. The smallest absolute Gasteiger partial charge is 0.335 e. The number of carboxylic acid groups (broad SMARTS) is 1. The third kappa shape index (κ3) is 1.87. The predicted octanol–water partition coefficient (Wildman–Crippen LogP) is 1.72. The minimum absolute atomic E-state index is 0.0810. The van der Waals surface area contributed by atoms with Gasteiger partial charge in [-0.25, -0.2) is 9.18 Å². The molecular weight excluding hydrogens is 189 g/mol. The van der Waals surface area contributed by atoms with Crippen LogP contribution in [0.2, 0.25) is 0 Å². The number of hydrogen-bond acceptors (Lipinski definition) is 3. The van der Waals surface area contributed by atoms with Crippen LogP contribution in [0.1, 0.15) is 22.8 Å². The second kappa shape index (κ2) is 3.87. The van der Waals surface area contributed by atoms with Crippen LogP contribution in [0.25, 0.3) is 0 Å². The first-order chi connectivity index (χ1) is 6.56. The summed E-state index contributed by atoms with van der Waals surface area (Å²) in [7, 11) is 0. The van der Waals surface area contributed by atoms with Crippen molar-refractivity contribution in [1.82, 2.24) is 0 Å². The fourth-order valence-corrected chi connectivity index (χ4v) is 0.995. The van der Waals surface area contributed by atoms with E-state index in [9.17, 15) is 9.18 Å². The highest BCUT2D eigenvalue weighted by atomic mass is 19.1. The van der Waals surface area contributed by atoms with Crippen molar-refractivity contribution in [3.63, 3.8) is 0 Å². The molecular formula is C9H8FNO3. The molecule has 1 aromatic carbocycles. The van der Waals surface area contributed by atoms with Gasteiger partial charge in [0.25, 0.3) is 0 Å². The summed E-state index contributed by atoms with van der Waals surface area (Å²) in [5.41, 5.74) is 0.0360. The van der Waals surface area contributed by atoms with Gasteiger partial charge < -0.3 is 10.3 Å². The van der Waals surface area contributed by atoms with Crippen LogP contribution < -0.4 is 0 Å². The zero-order valence-electron chi connectivity index (χ0n) is 7.36. The molecule has 14 heavy (non-hydrogen) atoms. The number of nitrogens with zero attached hydrogens (tertiary/aromatic N) is 1. The molecule has 0 saturated heterocycles. The average molecular weight is 197 g/mol. The zero-order chi connectivity index (χ0) is 10.7. The minimum Gasteiger partial charge on any atom is -0.478 e. The van der Waals surface area contributed by atoms with Crippen LogP contribution in [-0.4, -0.2) is 22.0 Å². The number of carboxylic acids is 1. The van der Waals surface area contributed by atoms with Crippen LogP contribution >= 0.6 is 0 Å². The van der Waals surface area contributed by atoms with E-state index in [4.69, 9.17) is 10.3 Å². The maximum absolute atomic E-state index is 13.2. The van der Waals surface area contributed by atoms with E-state index in [1.807, 2.05) is 0 Å². The van der Waals surface area contributed by atoms with E-state index >= 15 is 0 Å². The van der Waals surface area contributed by atoms with Crippen LogP contribution in [0, 0.1) is 5.82 Å². The van der Waals surface area contributed by atoms with Crippen LogP contribution in [0.4, 0.5) is 4.39 Å². The number of aromatic carboxylic acids is 1. The van der Waals surface area contributed by atoms with E-state index in [1.54, 1.807) is 0 Å². The Morgan fingerprint density at radius 2 is 2.14 bits per heavy atom. The van der Waals surface area contributed by atoms with Crippen molar-refractivity contribution in [1.29, 1.82) is 0 Å². The van der Waals surface area contributed by atoms with E-state index in [1.165, 1.54) is 19.1 Å². The molecule has 0 heterocycles. The molecule has 0 spiro atoms. The highest BCUT2D eigenvalue weighted by Crippen LogP contribution is 2.11. The van der Waals surface area contributed by atoms with Crippen molar-refractivity contribution in [2.24, 2.45) is 5.16 Å². The van der Waals surface area contributed by atoms with E-state index in [0.29, 0.717) is 0 Å². The predicted molar refractivity (Wildman–Crippen MR) is 47.4 cm³/mol. The number of rotatable bonds is 2. The standard InChI is InChI=1S/C9H8FNO3/c1-5(11-14)7-3-2-6(9(12)13)4-8(7)10/h2-4,14H,1H3,(H,12,13)/b11-5+. The van der Waals surface area contributed by atoms with Crippen molar-refractivity contribution in [2.75, 3.05) is 0 Å². The minimum atomic E-state index is -1.20. The molecule has 0 atom stereocenters. The molecule has 0 fully saturated rings. The molecule has 5 heteroatoms. The molecule has 0 unspecified atom stereocenters. The molecule has 0 aliphatic carbocycles. The Hall–Kier alpha value is -1.91. The summed E-state index contributed by atoms with van der Waals surface area (Å²) in [5, 5.41) is 19.8. The molecule has 0 amide bonds. The summed E-state index contributed by atoms with van der Waals surface area (Å²) in [5.74, 6) is -1.92. The molecule has 0 aliphatic rings. The Bertz CT molecular complexity index is 401. The van der Waals surface area contributed by atoms with Gasteiger partial charge in [-0.2, -0.15) is 0 Å². The average Bonchev–Trinajstić information content (AvgIpc) is 2.16. The second-order valence-corrected chi connectivity index (χ2v) is 2.69. The van der Waals surface area contributed by atoms with Gasteiger partial charge in [0.05, 0.1) is 11.3 Å². The molecule has 74 valence electrons. The Morgan fingerprint density at radius 1 is 1.50 bits per heavy atom. The lowest BCUT2D eigenvalue weighted by Crippen LogP contribution is -2.03. The fraction of sp³-hybridized carbons (Fsp3) is 0.111. The van der Waals surface area contributed by atoms with Crippen molar-refractivity contribution >= 4 is 11.7 Å². The highest BCUT2D eigenvalue weighted by molar-refractivity contribution is 5.99. The van der Waals surface area contributed by atoms with Gasteiger partial charge in [-0.3, -0.25) is 0 Å². The van der Waals surface area contributed by atoms with E-state index in [-0.39, 0.29) is 16.8 Å². The van der Waals surface area contributed by atoms with Crippen molar-refractivity contribution in [3.8, 4) is 0 Å². The van der Waals surface area contributed by atoms with Gasteiger partial charge in [-0.05, 0) is 25.1 Å². The topological polar surface area (TPSA) is 69.9 Å². The molecule has 0 aromatic heterocycles. The van der Waals surface area contributed by atoms with Gasteiger partial charge in [-0.15, -0.1) is 0 Å². The maximum atomic E-state index is 13.2. The fourth-order valence-electron chi connectivity index (χ4n) is 0.995. The third-order valence-electron chi connectivity index (χ3n) is 1.76. The highest BCUT2D eigenvalue weighted by Gasteiger charge is 2.10. The lowest BCUT2D eigenvalue weighted by molar-refractivity contribution is 0.0696.